The van der Waals surface area contributed by atoms with E-state index in [0.29, 0.717) is 21.8 Å². The molecule has 0 saturated heterocycles. The summed E-state index contributed by atoms with van der Waals surface area (Å²) in [6.45, 7) is 6.35. The first kappa shape index (κ1) is 15.0. The van der Waals surface area contributed by atoms with Crippen molar-refractivity contribution >= 4 is 45.3 Å². The van der Waals surface area contributed by atoms with Gasteiger partial charge in [0, 0.05) is 41.2 Å². The largest absolute Gasteiger partial charge is 0.298 e. The summed E-state index contributed by atoms with van der Waals surface area (Å²) in [6, 6.07) is 0.530. The van der Waals surface area contributed by atoms with E-state index in [1.807, 2.05) is 0 Å². The highest BCUT2D eigenvalue weighted by Gasteiger charge is 2.23. The molecular weight excluding hydrogens is 326 g/mol. The first-order valence-electron chi connectivity index (χ1n) is 6.80. The van der Waals surface area contributed by atoms with Crippen molar-refractivity contribution in [3.63, 3.8) is 0 Å². The summed E-state index contributed by atoms with van der Waals surface area (Å²) in [5.74, 6) is -0.187. The van der Waals surface area contributed by atoms with Crippen molar-refractivity contribution in [1.29, 1.82) is 0 Å². The molecule has 7 heteroatoms. The van der Waals surface area contributed by atoms with Crippen LogP contribution in [-0.4, -0.2) is 28.4 Å². The topological polar surface area (TPSA) is 45.2 Å². The number of carbonyl (C=O) groups is 1. The smallest absolute Gasteiger partial charge is 0.259 e. The average molecular weight is 342 g/mol. The van der Waals surface area contributed by atoms with E-state index >= 15 is 0 Å². The molecule has 1 aliphatic heterocycles. The number of anilines is 1. The van der Waals surface area contributed by atoms with Crippen LogP contribution in [0.5, 0.6) is 0 Å². The van der Waals surface area contributed by atoms with Crippen molar-refractivity contribution in [3.8, 4) is 0 Å². The van der Waals surface area contributed by atoms with E-state index in [1.165, 1.54) is 16.2 Å². The monoisotopic (exact) mass is 341 g/mol. The fraction of sp³-hybridized carbons (Fsp3) is 0.429. The fourth-order valence-electron chi connectivity index (χ4n) is 2.32. The molecule has 112 valence electrons. The Balaban J connectivity index is 1.74. The zero-order valence-corrected chi connectivity index (χ0v) is 14.2. The fourth-order valence-corrected chi connectivity index (χ4v) is 4.39. The van der Waals surface area contributed by atoms with Crippen LogP contribution in [0.25, 0.3) is 0 Å². The van der Waals surface area contributed by atoms with Gasteiger partial charge in [-0.15, -0.1) is 22.7 Å². The SMILES string of the molecule is CC(C)N1CCc2nc(NC(=O)c3cscc3Cl)sc2C1. The van der Waals surface area contributed by atoms with E-state index in [-0.39, 0.29) is 5.91 Å². The Labute approximate surface area is 136 Å². The van der Waals surface area contributed by atoms with Gasteiger partial charge in [-0.2, -0.15) is 0 Å². The quantitative estimate of drug-likeness (QED) is 0.921. The Morgan fingerprint density at radius 1 is 1.48 bits per heavy atom. The van der Waals surface area contributed by atoms with Crippen LogP contribution in [0.4, 0.5) is 5.13 Å². The molecule has 21 heavy (non-hydrogen) atoms. The van der Waals surface area contributed by atoms with Crippen LogP contribution in [0.1, 0.15) is 34.8 Å². The van der Waals surface area contributed by atoms with E-state index in [0.717, 1.165) is 25.2 Å². The molecule has 3 rings (SSSR count). The number of amides is 1. The number of thiazole rings is 1. The third-order valence-corrected chi connectivity index (χ3v) is 5.75. The first-order valence-corrected chi connectivity index (χ1v) is 8.94. The summed E-state index contributed by atoms with van der Waals surface area (Å²) in [6.07, 6.45) is 0.944. The summed E-state index contributed by atoms with van der Waals surface area (Å²) in [7, 11) is 0. The van der Waals surface area contributed by atoms with Crippen molar-refractivity contribution in [2.75, 3.05) is 11.9 Å². The third kappa shape index (κ3) is 3.13. The molecule has 0 fully saturated rings. The molecule has 0 bridgehead atoms. The number of aromatic nitrogens is 1. The van der Waals surface area contributed by atoms with Crippen molar-refractivity contribution in [2.45, 2.75) is 32.9 Å². The zero-order chi connectivity index (χ0) is 15.0. The number of hydrogen-bond donors (Lipinski definition) is 1. The minimum atomic E-state index is -0.187. The second-order valence-electron chi connectivity index (χ2n) is 5.29. The minimum absolute atomic E-state index is 0.187. The zero-order valence-electron chi connectivity index (χ0n) is 11.9. The maximum absolute atomic E-state index is 12.1. The lowest BCUT2D eigenvalue weighted by Gasteiger charge is -2.29. The number of halogens is 1. The van der Waals surface area contributed by atoms with E-state index in [1.54, 1.807) is 22.1 Å². The van der Waals surface area contributed by atoms with E-state index in [9.17, 15) is 4.79 Å². The number of fused-ring (bicyclic) bond motifs is 1. The summed E-state index contributed by atoms with van der Waals surface area (Å²) < 4.78 is 0. The predicted octanol–water partition coefficient (Wildman–Crippen LogP) is 3.88. The first-order chi connectivity index (χ1) is 10.0. The molecule has 0 saturated carbocycles. The van der Waals surface area contributed by atoms with Crippen LogP contribution in [0.15, 0.2) is 10.8 Å². The summed E-state index contributed by atoms with van der Waals surface area (Å²) in [5, 5.41) is 7.52. The van der Waals surface area contributed by atoms with Crippen molar-refractivity contribution in [3.05, 3.63) is 31.9 Å². The van der Waals surface area contributed by atoms with Crippen LogP contribution >= 0.6 is 34.3 Å². The molecule has 0 spiro atoms. The van der Waals surface area contributed by atoms with Crippen molar-refractivity contribution in [1.82, 2.24) is 9.88 Å². The van der Waals surface area contributed by atoms with Gasteiger partial charge < -0.3 is 0 Å². The molecule has 3 heterocycles. The maximum atomic E-state index is 12.1. The molecule has 1 N–H and O–H groups in total. The highest BCUT2D eigenvalue weighted by atomic mass is 35.5. The van der Waals surface area contributed by atoms with Crippen LogP contribution in [-0.2, 0) is 13.0 Å². The van der Waals surface area contributed by atoms with E-state index in [4.69, 9.17) is 11.6 Å². The van der Waals surface area contributed by atoms with E-state index in [2.05, 4.69) is 29.0 Å². The lowest BCUT2D eigenvalue weighted by atomic mass is 10.1. The second kappa shape index (κ2) is 6.04. The molecule has 0 unspecified atom stereocenters. The molecule has 0 aliphatic carbocycles. The third-order valence-electron chi connectivity index (χ3n) is 3.57. The van der Waals surface area contributed by atoms with Crippen LogP contribution in [0.3, 0.4) is 0 Å². The number of nitrogens with zero attached hydrogens (tertiary/aromatic N) is 2. The lowest BCUT2D eigenvalue weighted by Crippen LogP contribution is -2.35. The summed E-state index contributed by atoms with van der Waals surface area (Å²) >= 11 is 8.96. The standard InChI is InChI=1S/C14H16ClN3OS2/c1-8(2)18-4-3-11-12(5-18)21-14(16-11)17-13(19)9-6-20-7-10(9)15/h6-8H,3-5H2,1-2H3,(H,16,17,19). The predicted molar refractivity (Wildman–Crippen MR) is 88.6 cm³/mol. The van der Waals surface area contributed by atoms with Gasteiger partial charge in [-0.3, -0.25) is 15.0 Å². The average Bonchev–Trinajstić information content (AvgIpc) is 3.02. The summed E-state index contributed by atoms with van der Waals surface area (Å²) in [5.41, 5.74) is 1.63. The van der Waals surface area contributed by atoms with Crippen LogP contribution in [0.2, 0.25) is 5.02 Å². The van der Waals surface area contributed by atoms with Gasteiger partial charge in [0.25, 0.3) is 5.91 Å². The number of nitrogens with one attached hydrogen (secondary N) is 1. The molecule has 1 aliphatic rings. The molecule has 4 nitrogen and oxygen atoms in total. The Morgan fingerprint density at radius 2 is 2.29 bits per heavy atom. The molecule has 0 aromatic carbocycles. The van der Waals surface area contributed by atoms with Gasteiger partial charge in [0.2, 0.25) is 0 Å². The van der Waals surface area contributed by atoms with E-state index < -0.39 is 0 Å². The Hall–Kier alpha value is -0.950. The van der Waals surface area contributed by atoms with Crippen molar-refractivity contribution < 1.29 is 4.79 Å². The molecule has 2 aromatic rings. The van der Waals surface area contributed by atoms with Gasteiger partial charge in [0.1, 0.15) is 0 Å². The number of thiophene rings is 1. The highest BCUT2D eigenvalue weighted by Crippen LogP contribution is 2.30. The Bertz CT molecular complexity index is 665. The molecule has 1 amide bonds. The molecular formula is C14H16ClN3OS2. The minimum Gasteiger partial charge on any atom is -0.298 e. The van der Waals surface area contributed by atoms with Gasteiger partial charge in [-0.05, 0) is 13.8 Å². The number of rotatable bonds is 3. The summed E-state index contributed by atoms with van der Waals surface area (Å²) in [4.78, 5) is 20.4. The normalized spacial score (nSPS) is 15.2. The Kier molecular flexibility index (Phi) is 4.31. The Morgan fingerprint density at radius 3 is 2.95 bits per heavy atom. The van der Waals surface area contributed by atoms with Crippen LogP contribution < -0.4 is 5.32 Å². The molecule has 0 radical (unpaired) electrons. The van der Waals surface area contributed by atoms with Gasteiger partial charge in [-0.1, -0.05) is 11.6 Å². The lowest BCUT2D eigenvalue weighted by molar-refractivity contribution is 0.102. The van der Waals surface area contributed by atoms with Gasteiger partial charge in [0.15, 0.2) is 5.13 Å². The van der Waals surface area contributed by atoms with Gasteiger partial charge in [-0.25, -0.2) is 4.98 Å². The number of hydrogen-bond acceptors (Lipinski definition) is 5. The van der Waals surface area contributed by atoms with Gasteiger partial charge in [0.05, 0.1) is 16.3 Å². The highest BCUT2D eigenvalue weighted by molar-refractivity contribution is 7.16. The van der Waals surface area contributed by atoms with Crippen LogP contribution in [0, 0.1) is 0 Å². The van der Waals surface area contributed by atoms with Gasteiger partial charge >= 0.3 is 0 Å². The maximum Gasteiger partial charge on any atom is 0.259 e. The molecule has 0 atom stereocenters. The number of carbonyl (C=O) groups excluding carboxylic acids is 1. The second-order valence-corrected chi connectivity index (χ2v) is 7.53. The molecule has 2 aromatic heterocycles. The van der Waals surface area contributed by atoms with Crippen molar-refractivity contribution in [2.24, 2.45) is 0 Å².